The van der Waals surface area contributed by atoms with E-state index in [1.54, 1.807) is 12.1 Å². The molecule has 0 saturated carbocycles. The molecule has 3 nitrogen and oxygen atoms in total. The number of nitrogens with zero attached hydrogens (tertiary/aromatic N) is 2. The maximum atomic E-state index is 12.8. The molecule has 2 rings (SSSR count). The number of rotatable bonds is 2. The number of benzene rings is 1. The number of ether oxygens (including phenoxy) is 1. The molecule has 1 heterocycles. The Morgan fingerprint density at radius 3 is 2.55 bits per heavy atom. The fourth-order valence-corrected chi connectivity index (χ4v) is 1.70. The quantitative estimate of drug-likeness (QED) is 0.842. The number of nitriles is 1. The number of halogens is 3. The molecule has 0 saturated heterocycles. The predicted molar refractivity (Wildman–Crippen MR) is 65.9 cm³/mol. The lowest BCUT2D eigenvalue weighted by molar-refractivity contribution is -0.137. The van der Waals surface area contributed by atoms with Crippen molar-refractivity contribution < 1.29 is 17.9 Å². The number of hydrogen-bond donors (Lipinski definition) is 0. The van der Waals surface area contributed by atoms with E-state index in [1.165, 1.54) is 25.4 Å². The van der Waals surface area contributed by atoms with Gasteiger partial charge in [0.2, 0.25) is 0 Å². The molecule has 0 aliphatic heterocycles. The van der Waals surface area contributed by atoms with Gasteiger partial charge in [0, 0.05) is 17.8 Å². The minimum absolute atomic E-state index is 0.0700. The van der Waals surface area contributed by atoms with E-state index in [9.17, 15) is 13.2 Å². The Kier molecular flexibility index (Phi) is 3.61. The first kappa shape index (κ1) is 13.9. The first-order valence-corrected chi connectivity index (χ1v) is 5.57. The van der Waals surface area contributed by atoms with Crippen molar-refractivity contribution in [1.82, 2.24) is 4.98 Å². The number of pyridine rings is 1. The first-order valence-electron chi connectivity index (χ1n) is 5.57. The first-order chi connectivity index (χ1) is 9.44. The number of hydrogen-bond acceptors (Lipinski definition) is 3. The lowest BCUT2D eigenvalue weighted by Crippen LogP contribution is -2.05. The molecule has 0 radical (unpaired) electrons. The highest BCUT2D eigenvalue weighted by Crippen LogP contribution is 2.33. The van der Waals surface area contributed by atoms with Crippen molar-refractivity contribution in [3.05, 3.63) is 47.7 Å². The summed E-state index contributed by atoms with van der Waals surface area (Å²) in [5.74, 6) is 0.478. The van der Waals surface area contributed by atoms with Crippen LogP contribution in [0.1, 0.15) is 11.1 Å². The Bertz CT molecular complexity index is 675. The van der Waals surface area contributed by atoms with Gasteiger partial charge in [0.1, 0.15) is 5.75 Å². The molecule has 0 amide bonds. The average Bonchev–Trinajstić information content (AvgIpc) is 2.46. The monoisotopic (exact) mass is 278 g/mol. The maximum Gasteiger partial charge on any atom is 0.416 e. The third kappa shape index (κ3) is 2.88. The fraction of sp³-hybridized carbons (Fsp3) is 0.143. The summed E-state index contributed by atoms with van der Waals surface area (Å²) in [4.78, 5) is 4.00. The Hall–Kier alpha value is -2.55. The van der Waals surface area contributed by atoms with Gasteiger partial charge in [0.25, 0.3) is 0 Å². The summed E-state index contributed by atoms with van der Waals surface area (Å²) in [6, 6.07) is 7.94. The molecular formula is C14H9F3N2O. The number of methoxy groups -OCH3 is 1. The second-order valence-corrected chi connectivity index (χ2v) is 3.99. The predicted octanol–water partition coefficient (Wildman–Crippen LogP) is 3.65. The Labute approximate surface area is 113 Å². The van der Waals surface area contributed by atoms with Crippen LogP contribution in [0.4, 0.5) is 13.2 Å². The van der Waals surface area contributed by atoms with E-state index < -0.39 is 11.7 Å². The van der Waals surface area contributed by atoms with Gasteiger partial charge in [-0.1, -0.05) is 0 Å². The van der Waals surface area contributed by atoms with E-state index in [1.807, 2.05) is 0 Å². The highest BCUT2D eigenvalue weighted by Gasteiger charge is 2.31. The van der Waals surface area contributed by atoms with Gasteiger partial charge < -0.3 is 4.74 Å². The molecule has 0 bridgehead atoms. The van der Waals surface area contributed by atoms with Gasteiger partial charge >= 0.3 is 6.18 Å². The molecule has 1 aromatic carbocycles. The zero-order valence-corrected chi connectivity index (χ0v) is 10.4. The molecule has 6 heteroatoms. The van der Waals surface area contributed by atoms with Crippen molar-refractivity contribution in [1.29, 1.82) is 5.26 Å². The lowest BCUT2D eigenvalue weighted by Gasteiger charge is -2.10. The van der Waals surface area contributed by atoms with E-state index in [2.05, 4.69) is 4.98 Å². The minimum atomic E-state index is -4.51. The van der Waals surface area contributed by atoms with Crippen LogP contribution in [-0.4, -0.2) is 12.1 Å². The van der Waals surface area contributed by atoms with Crippen LogP contribution in [0, 0.1) is 11.3 Å². The highest BCUT2D eigenvalue weighted by molar-refractivity contribution is 5.64. The third-order valence-electron chi connectivity index (χ3n) is 2.65. The van der Waals surface area contributed by atoms with E-state index in [4.69, 9.17) is 10.00 Å². The van der Waals surface area contributed by atoms with Crippen molar-refractivity contribution in [2.75, 3.05) is 7.11 Å². The SMILES string of the molecule is COc1ccnc(-c2cc(C#N)cc(C(F)(F)F)c2)c1. The molecule has 0 aliphatic carbocycles. The van der Waals surface area contributed by atoms with Gasteiger partial charge in [-0.2, -0.15) is 18.4 Å². The number of aromatic nitrogens is 1. The second-order valence-electron chi connectivity index (χ2n) is 3.99. The summed E-state index contributed by atoms with van der Waals surface area (Å²) in [6.07, 6.45) is -3.08. The van der Waals surface area contributed by atoms with Crippen LogP contribution in [0.25, 0.3) is 11.3 Å². The molecule has 102 valence electrons. The van der Waals surface area contributed by atoms with Gasteiger partial charge in [0.15, 0.2) is 0 Å². The van der Waals surface area contributed by atoms with Crippen molar-refractivity contribution in [3.8, 4) is 23.1 Å². The molecule has 2 aromatic rings. The molecule has 20 heavy (non-hydrogen) atoms. The topological polar surface area (TPSA) is 45.9 Å². The van der Waals surface area contributed by atoms with E-state index in [0.29, 0.717) is 11.4 Å². The van der Waals surface area contributed by atoms with Crippen LogP contribution in [0.2, 0.25) is 0 Å². The second kappa shape index (κ2) is 5.21. The highest BCUT2D eigenvalue weighted by atomic mass is 19.4. The normalized spacial score (nSPS) is 10.9. The maximum absolute atomic E-state index is 12.8. The summed E-state index contributed by atoms with van der Waals surface area (Å²) in [5.41, 5.74) is -0.419. The van der Waals surface area contributed by atoms with Crippen LogP contribution in [-0.2, 0) is 6.18 Å². The zero-order chi connectivity index (χ0) is 14.8. The van der Waals surface area contributed by atoms with Gasteiger partial charge in [-0.15, -0.1) is 0 Å². The largest absolute Gasteiger partial charge is 0.497 e. The third-order valence-corrected chi connectivity index (χ3v) is 2.65. The van der Waals surface area contributed by atoms with Crippen LogP contribution in [0.5, 0.6) is 5.75 Å². The van der Waals surface area contributed by atoms with Crippen LogP contribution >= 0.6 is 0 Å². The molecule has 1 aromatic heterocycles. The van der Waals surface area contributed by atoms with Gasteiger partial charge in [-0.05, 0) is 24.3 Å². The molecular weight excluding hydrogens is 269 g/mol. The average molecular weight is 278 g/mol. The molecule has 0 unspecified atom stereocenters. The van der Waals surface area contributed by atoms with Crippen molar-refractivity contribution in [2.24, 2.45) is 0 Å². The van der Waals surface area contributed by atoms with Crippen molar-refractivity contribution in [2.45, 2.75) is 6.18 Å². The Morgan fingerprint density at radius 1 is 1.20 bits per heavy atom. The Balaban J connectivity index is 2.59. The van der Waals surface area contributed by atoms with E-state index in [-0.39, 0.29) is 11.1 Å². The summed E-state index contributed by atoms with van der Waals surface area (Å²) in [6.45, 7) is 0. The van der Waals surface area contributed by atoms with Crippen molar-refractivity contribution in [3.63, 3.8) is 0 Å². The van der Waals surface area contributed by atoms with E-state index >= 15 is 0 Å². The lowest BCUT2D eigenvalue weighted by atomic mass is 10.0. The zero-order valence-electron chi connectivity index (χ0n) is 10.4. The molecule has 0 atom stereocenters. The van der Waals surface area contributed by atoms with Crippen LogP contribution < -0.4 is 4.74 Å². The van der Waals surface area contributed by atoms with Crippen molar-refractivity contribution >= 4 is 0 Å². The summed E-state index contributed by atoms with van der Waals surface area (Å²) < 4.78 is 43.4. The fourth-order valence-electron chi connectivity index (χ4n) is 1.70. The number of alkyl halides is 3. The Morgan fingerprint density at radius 2 is 1.95 bits per heavy atom. The molecule has 0 aliphatic rings. The van der Waals surface area contributed by atoms with Gasteiger partial charge in [-0.3, -0.25) is 4.98 Å². The van der Waals surface area contributed by atoms with Gasteiger partial charge in [-0.25, -0.2) is 0 Å². The smallest absolute Gasteiger partial charge is 0.416 e. The molecule has 0 spiro atoms. The summed E-state index contributed by atoms with van der Waals surface area (Å²) in [7, 11) is 1.45. The van der Waals surface area contributed by atoms with E-state index in [0.717, 1.165) is 12.1 Å². The molecule has 0 N–H and O–H groups in total. The molecule has 0 fully saturated rings. The summed E-state index contributed by atoms with van der Waals surface area (Å²) >= 11 is 0. The van der Waals surface area contributed by atoms with Crippen LogP contribution in [0.15, 0.2) is 36.5 Å². The standard InChI is InChI=1S/C14H9F3N2O/c1-20-12-2-3-19-13(7-12)10-4-9(8-18)5-11(6-10)14(15,16)17/h2-7H,1H3. The minimum Gasteiger partial charge on any atom is -0.497 e. The van der Waals surface area contributed by atoms with Gasteiger partial charge in [0.05, 0.1) is 30.0 Å². The summed E-state index contributed by atoms with van der Waals surface area (Å²) in [5, 5.41) is 8.84. The van der Waals surface area contributed by atoms with Crippen LogP contribution in [0.3, 0.4) is 0 Å².